The minimum atomic E-state index is -0.428. The van der Waals surface area contributed by atoms with Gasteiger partial charge < -0.3 is 14.8 Å². The fourth-order valence-electron chi connectivity index (χ4n) is 5.52. The van der Waals surface area contributed by atoms with Gasteiger partial charge in [-0.3, -0.25) is 9.59 Å². The van der Waals surface area contributed by atoms with Crippen molar-refractivity contribution in [1.82, 2.24) is 5.32 Å². The highest BCUT2D eigenvalue weighted by Gasteiger charge is 2.40. The van der Waals surface area contributed by atoms with E-state index in [2.05, 4.69) is 31.3 Å². The number of rotatable bonds is 6. The van der Waals surface area contributed by atoms with Crippen LogP contribution in [-0.4, -0.2) is 18.2 Å². The molecule has 0 aromatic heterocycles. The summed E-state index contributed by atoms with van der Waals surface area (Å²) in [6.45, 7) is 6.87. The van der Waals surface area contributed by atoms with Gasteiger partial charge in [-0.1, -0.05) is 29.8 Å². The Morgan fingerprint density at radius 2 is 1.56 bits per heavy atom. The number of nitrogens with one attached hydrogen (secondary N) is 1. The molecule has 0 saturated carbocycles. The quantitative estimate of drug-likeness (QED) is 0.477. The Morgan fingerprint density at radius 1 is 0.889 bits per heavy atom. The lowest BCUT2D eigenvalue weighted by molar-refractivity contribution is -0.117. The van der Waals surface area contributed by atoms with E-state index in [1.807, 2.05) is 25.1 Å². The number of Topliss-reactive ketones (excluding diaryl/α,β-unsaturated/α-hetero) is 2. The van der Waals surface area contributed by atoms with Crippen LogP contribution >= 0.6 is 11.6 Å². The Labute approximate surface area is 217 Å². The summed E-state index contributed by atoms with van der Waals surface area (Å²) in [6, 6.07) is 9.98. The second kappa shape index (κ2) is 10.1. The van der Waals surface area contributed by atoms with E-state index in [1.165, 1.54) is 11.1 Å². The van der Waals surface area contributed by atoms with Crippen molar-refractivity contribution < 1.29 is 19.1 Å². The average molecular weight is 506 g/mol. The van der Waals surface area contributed by atoms with Crippen molar-refractivity contribution in [2.75, 3.05) is 6.61 Å². The number of allylic oxidation sites excluding steroid dienone is 4. The van der Waals surface area contributed by atoms with Crippen LogP contribution in [0.25, 0.3) is 0 Å². The third-order valence-electron chi connectivity index (χ3n) is 7.41. The molecule has 3 aliphatic rings. The van der Waals surface area contributed by atoms with Crippen LogP contribution in [-0.2, 0) is 16.2 Å². The predicted octanol–water partition coefficient (Wildman–Crippen LogP) is 6.64. The van der Waals surface area contributed by atoms with E-state index in [1.54, 1.807) is 0 Å². The molecule has 0 radical (unpaired) electrons. The lowest BCUT2D eigenvalue weighted by atomic mass is 9.71. The normalized spacial score (nSPS) is 18.1. The van der Waals surface area contributed by atoms with Gasteiger partial charge in [0.05, 0.1) is 11.6 Å². The molecule has 1 aliphatic heterocycles. The second-order valence-electron chi connectivity index (χ2n) is 9.87. The second-order valence-corrected chi connectivity index (χ2v) is 10.3. The molecule has 5 nitrogen and oxygen atoms in total. The summed E-state index contributed by atoms with van der Waals surface area (Å²) in [7, 11) is 0. The van der Waals surface area contributed by atoms with Crippen LogP contribution in [0.15, 0.2) is 52.9 Å². The lowest BCUT2D eigenvalue weighted by Crippen LogP contribution is -2.36. The van der Waals surface area contributed by atoms with E-state index >= 15 is 0 Å². The van der Waals surface area contributed by atoms with E-state index < -0.39 is 5.92 Å². The van der Waals surface area contributed by atoms with Gasteiger partial charge in [0, 0.05) is 41.3 Å². The number of hydrogen-bond acceptors (Lipinski definition) is 5. The summed E-state index contributed by atoms with van der Waals surface area (Å²) in [5.41, 5.74) is 7.60. The Morgan fingerprint density at radius 3 is 2.17 bits per heavy atom. The number of carbonyl (C=O) groups excluding carboxylic acids is 2. The van der Waals surface area contributed by atoms with Gasteiger partial charge >= 0.3 is 0 Å². The molecular formula is C30H32ClNO4. The average Bonchev–Trinajstić information content (AvgIpc) is 2.85. The molecule has 188 valence electrons. The number of ether oxygens (including phenoxy) is 2. The maximum atomic E-state index is 13.1. The molecule has 0 saturated heterocycles. The monoisotopic (exact) mass is 505 g/mol. The van der Waals surface area contributed by atoms with Gasteiger partial charge in [0.2, 0.25) is 0 Å². The summed E-state index contributed by atoms with van der Waals surface area (Å²) in [6.07, 6.45) is 4.26. The van der Waals surface area contributed by atoms with Crippen molar-refractivity contribution in [3.8, 4) is 11.5 Å². The van der Waals surface area contributed by atoms with Gasteiger partial charge in [0.15, 0.2) is 23.1 Å². The zero-order chi connectivity index (χ0) is 25.4. The minimum Gasteiger partial charge on any atom is -0.490 e. The molecule has 1 heterocycles. The molecule has 0 unspecified atom stereocenters. The van der Waals surface area contributed by atoms with Crippen molar-refractivity contribution >= 4 is 23.2 Å². The third kappa shape index (κ3) is 4.57. The molecule has 0 spiro atoms. The van der Waals surface area contributed by atoms with Gasteiger partial charge in [-0.2, -0.15) is 0 Å². The van der Waals surface area contributed by atoms with E-state index in [0.717, 1.165) is 48.2 Å². The maximum Gasteiger partial charge on any atom is 0.180 e. The van der Waals surface area contributed by atoms with Crippen LogP contribution in [0, 0.1) is 13.8 Å². The van der Waals surface area contributed by atoms with Crippen molar-refractivity contribution in [2.24, 2.45) is 0 Å². The third-order valence-corrected chi connectivity index (χ3v) is 7.69. The van der Waals surface area contributed by atoms with Crippen molar-refractivity contribution in [3.05, 3.63) is 80.1 Å². The number of aryl methyl sites for hydroxylation is 2. The molecule has 2 aromatic rings. The van der Waals surface area contributed by atoms with Gasteiger partial charge in [-0.05, 0) is 80.8 Å². The summed E-state index contributed by atoms with van der Waals surface area (Å²) in [5.74, 6) is 0.772. The summed E-state index contributed by atoms with van der Waals surface area (Å²) >= 11 is 6.81. The fourth-order valence-corrected chi connectivity index (χ4v) is 5.80. The molecule has 36 heavy (non-hydrogen) atoms. The number of hydrogen-bond donors (Lipinski definition) is 1. The van der Waals surface area contributed by atoms with Crippen LogP contribution in [0.4, 0.5) is 0 Å². The van der Waals surface area contributed by atoms with E-state index in [4.69, 9.17) is 21.1 Å². The number of carbonyl (C=O) groups is 2. The van der Waals surface area contributed by atoms with Crippen LogP contribution in [0.3, 0.4) is 0 Å². The standard InChI is InChI=1S/C30H32ClNO4/c1-4-35-26-15-20(14-21(31)30(26)36-16-19-12-11-17(2)18(3)13-19)27-28-22(7-5-9-24(28)33)32-23-8-6-10-25(34)29(23)27/h11-15,27,32H,4-10,16H2,1-3H3. The van der Waals surface area contributed by atoms with Crippen molar-refractivity contribution in [3.63, 3.8) is 0 Å². The Kier molecular flexibility index (Phi) is 6.94. The lowest BCUT2D eigenvalue weighted by Gasteiger charge is -2.37. The zero-order valence-corrected chi connectivity index (χ0v) is 21.9. The van der Waals surface area contributed by atoms with Gasteiger partial charge in [-0.15, -0.1) is 0 Å². The molecule has 5 rings (SSSR count). The SMILES string of the molecule is CCOc1cc(C2C3=C(CCCC3=O)NC3=C2C(=O)CCC3)cc(Cl)c1OCc1ccc(C)c(C)c1. The first-order chi connectivity index (χ1) is 17.4. The highest BCUT2D eigenvalue weighted by atomic mass is 35.5. The summed E-state index contributed by atoms with van der Waals surface area (Å²) in [5, 5.41) is 3.87. The van der Waals surface area contributed by atoms with Crippen molar-refractivity contribution in [1.29, 1.82) is 0 Å². The molecule has 0 fully saturated rings. The smallest absolute Gasteiger partial charge is 0.180 e. The van der Waals surface area contributed by atoms with Crippen LogP contribution in [0.1, 0.15) is 73.6 Å². The first-order valence-corrected chi connectivity index (χ1v) is 13.2. The molecular weight excluding hydrogens is 474 g/mol. The van der Waals surface area contributed by atoms with Gasteiger partial charge in [0.1, 0.15) is 6.61 Å². The summed E-state index contributed by atoms with van der Waals surface area (Å²) in [4.78, 5) is 26.3. The highest BCUT2D eigenvalue weighted by Crippen LogP contribution is 2.48. The highest BCUT2D eigenvalue weighted by molar-refractivity contribution is 6.32. The minimum absolute atomic E-state index is 0.0998. The number of benzene rings is 2. The molecule has 0 bridgehead atoms. The molecule has 6 heteroatoms. The largest absolute Gasteiger partial charge is 0.490 e. The number of halogens is 1. The molecule has 0 atom stereocenters. The van der Waals surface area contributed by atoms with Crippen LogP contribution in [0.2, 0.25) is 5.02 Å². The summed E-state index contributed by atoms with van der Waals surface area (Å²) < 4.78 is 12.2. The van der Waals surface area contributed by atoms with E-state index in [-0.39, 0.29) is 11.6 Å². The molecule has 1 N–H and O–H groups in total. The molecule has 2 aliphatic carbocycles. The fraction of sp³-hybridized carbons (Fsp3) is 0.400. The molecule has 0 amide bonds. The first-order valence-electron chi connectivity index (χ1n) is 12.8. The van der Waals surface area contributed by atoms with Gasteiger partial charge in [0.25, 0.3) is 0 Å². The van der Waals surface area contributed by atoms with E-state index in [9.17, 15) is 9.59 Å². The zero-order valence-electron chi connectivity index (χ0n) is 21.1. The molecule has 2 aromatic carbocycles. The Balaban J connectivity index is 1.56. The number of ketones is 2. The van der Waals surface area contributed by atoms with E-state index in [0.29, 0.717) is 53.7 Å². The predicted molar refractivity (Wildman–Crippen MR) is 141 cm³/mol. The van der Waals surface area contributed by atoms with Crippen LogP contribution in [0.5, 0.6) is 11.5 Å². The Hall–Kier alpha value is -3.05. The first kappa shape index (κ1) is 24.6. The van der Waals surface area contributed by atoms with Crippen LogP contribution < -0.4 is 14.8 Å². The van der Waals surface area contributed by atoms with Gasteiger partial charge in [-0.25, -0.2) is 0 Å². The van der Waals surface area contributed by atoms with Crippen molar-refractivity contribution in [2.45, 2.75) is 71.8 Å². The number of dihydropyridines is 1. The topological polar surface area (TPSA) is 64.6 Å². The maximum absolute atomic E-state index is 13.1. The Bertz CT molecular complexity index is 1260.